The highest BCUT2D eigenvalue weighted by molar-refractivity contribution is 7.22. The molecule has 1 aliphatic heterocycles. The van der Waals surface area contributed by atoms with Crippen LogP contribution in [-0.4, -0.2) is 39.3 Å². The molecule has 188 valence electrons. The number of anilines is 1. The topological polar surface area (TPSA) is 92.4 Å². The zero-order valence-electron chi connectivity index (χ0n) is 20.3. The number of carboxylic acid groups (broad SMARTS) is 1. The Morgan fingerprint density at radius 3 is 2.76 bits per heavy atom. The van der Waals surface area contributed by atoms with Crippen molar-refractivity contribution in [2.24, 2.45) is 5.41 Å². The standard InChI is InChI=1S/C28H25FN4O3S/c1-15-19(3-2-8-30-15)23-22(25(36-32-23)16-4-5-16)18-13-28(14-18)6-9-33(10-7-28)27-31-24-20(29)11-17(26(34)35)12-21(24)37-27/h2-3,8,11-13,16H,4-7,9-10,14H2,1H3,(H,34,35). The van der Waals surface area contributed by atoms with E-state index in [0.717, 1.165) is 79.1 Å². The van der Waals surface area contributed by atoms with Crippen LogP contribution in [0.2, 0.25) is 0 Å². The van der Waals surface area contributed by atoms with Crippen LogP contribution in [0.1, 0.15) is 65.4 Å². The average Bonchev–Trinajstić information content (AvgIpc) is 3.47. The van der Waals surface area contributed by atoms with Gasteiger partial charge in [0.25, 0.3) is 0 Å². The van der Waals surface area contributed by atoms with Crippen molar-refractivity contribution in [3.05, 3.63) is 64.9 Å². The van der Waals surface area contributed by atoms with Gasteiger partial charge in [0.1, 0.15) is 17.0 Å². The van der Waals surface area contributed by atoms with E-state index in [1.54, 1.807) is 6.20 Å². The molecule has 0 bridgehead atoms. The molecule has 0 amide bonds. The Morgan fingerprint density at radius 2 is 2.05 bits per heavy atom. The summed E-state index contributed by atoms with van der Waals surface area (Å²) in [6.07, 6.45) is 9.49. The van der Waals surface area contributed by atoms with Gasteiger partial charge in [-0.3, -0.25) is 4.98 Å². The number of aromatic nitrogens is 3. The van der Waals surface area contributed by atoms with Crippen LogP contribution >= 0.6 is 11.3 Å². The van der Waals surface area contributed by atoms with Crippen LogP contribution in [0.5, 0.6) is 0 Å². The third kappa shape index (κ3) is 3.75. The Labute approximate surface area is 216 Å². The maximum Gasteiger partial charge on any atom is 0.335 e. The average molecular weight is 517 g/mol. The van der Waals surface area contributed by atoms with Gasteiger partial charge in [-0.25, -0.2) is 14.2 Å². The molecule has 0 unspecified atom stereocenters. The number of aromatic carboxylic acids is 1. The monoisotopic (exact) mass is 516 g/mol. The highest BCUT2D eigenvalue weighted by Gasteiger charge is 2.44. The minimum atomic E-state index is -1.14. The molecule has 3 aromatic heterocycles. The van der Waals surface area contributed by atoms with Gasteiger partial charge in [0, 0.05) is 42.0 Å². The first kappa shape index (κ1) is 22.6. The quantitative estimate of drug-likeness (QED) is 0.326. The van der Waals surface area contributed by atoms with Crippen molar-refractivity contribution >= 4 is 38.2 Å². The highest BCUT2D eigenvalue weighted by atomic mass is 32.1. The zero-order valence-corrected chi connectivity index (χ0v) is 21.1. The van der Waals surface area contributed by atoms with E-state index in [4.69, 9.17) is 4.52 Å². The summed E-state index contributed by atoms with van der Waals surface area (Å²) in [7, 11) is 0. The highest BCUT2D eigenvalue weighted by Crippen LogP contribution is 2.56. The summed E-state index contributed by atoms with van der Waals surface area (Å²) in [5.41, 5.74) is 5.70. The molecule has 37 heavy (non-hydrogen) atoms. The third-order valence-electron chi connectivity index (χ3n) is 7.99. The molecule has 1 spiro atoms. The molecular formula is C28H25FN4O3S. The first-order valence-corrected chi connectivity index (χ1v) is 13.4. The summed E-state index contributed by atoms with van der Waals surface area (Å²) < 4.78 is 20.9. The second-order valence-electron chi connectivity index (χ2n) is 10.5. The first-order valence-electron chi connectivity index (χ1n) is 12.6. The van der Waals surface area contributed by atoms with Gasteiger partial charge in [0.15, 0.2) is 10.9 Å². The van der Waals surface area contributed by atoms with Gasteiger partial charge >= 0.3 is 5.97 Å². The SMILES string of the molecule is Cc1ncccc1-c1noc(C2CC2)c1C1=CC2(CCN(c3nc4c(F)cc(C(=O)O)cc4s3)CC2)C1. The number of rotatable bonds is 5. The number of thiazole rings is 1. The molecule has 0 radical (unpaired) electrons. The van der Waals surface area contributed by atoms with E-state index in [1.165, 1.54) is 28.5 Å². The summed E-state index contributed by atoms with van der Waals surface area (Å²) in [5, 5.41) is 14.5. The maximum atomic E-state index is 14.5. The van der Waals surface area contributed by atoms with Crippen molar-refractivity contribution < 1.29 is 18.8 Å². The number of halogens is 1. The molecule has 2 aliphatic carbocycles. The molecule has 4 aromatic rings. The fraction of sp³-hybridized carbons (Fsp3) is 0.357. The minimum Gasteiger partial charge on any atom is -0.478 e. The van der Waals surface area contributed by atoms with Crippen molar-refractivity contribution in [2.75, 3.05) is 18.0 Å². The van der Waals surface area contributed by atoms with Crippen LogP contribution in [-0.2, 0) is 0 Å². The van der Waals surface area contributed by atoms with Crippen molar-refractivity contribution in [1.29, 1.82) is 0 Å². The first-order chi connectivity index (χ1) is 17.9. The Morgan fingerprint density at radius 1 is 1.27 bits per heavy atom. The van der Waals surface area contributed by atoms with E-state index in [2.05, 4.69) is 32.2 Å². The smallest absolute Gasteiger partial charge is 0.335 e. The van der Waals surface area contributed by atoms with Crippen molar-refractivity contribution in [2.45, 2.75) is 44.9 Å². The van der Waals surface area contributed by atoms with Crippen LogP contribution in [0.25, 0.3) is 27.0 Å². The van der Waals surface area contributed by atoms with Gasteiger partial charge < -0.3 is 14.5 Å². The summed E-state index contributed by atoms with van der Waals surface area (Å²) in [6, 6.07) is 6.56. The van der Waals surface area contributed by atoms with Gasteiger partial charge in [0.2, 0.25) is 0 Å². The number of benzene rings is 1. The largest absolute Gasteiger partial charge is 0.478 e. The van der Waals surface area contributed by atoms with Crippen LogP contribution in [0.3, 0.4) is 0 Å². The van der Waals surface area contributed by atoms with Crippen molar-refractivity contribution in [3.8, 4) is 11.3 Å². The number of carboxylic acids is 1. The molecule has 0 atom stereocenters. The Kier molecular flexibility index (Phi) is 5.01. The Balaban J connectivity index is 1.13. The van der Waals surface area contributed by atoms with Crippen LogP contribution in [0.15, 0.2) is 41.1 Å². The second kappa shape index (κ2) is 8.21. The van der Waals surface area contributed by atoms with Gasteiger partial charge in [-0.2, -0.15) is 0 Å². The lowest BCUT2D eigenvalue weighted by atomic mass is 9.63. The van der Waals surface area contributed by atoms with E-state index < -0.39 is 11.8 Å². The number of carbonyl (C=O) groups is 1. The number of piperidine rings is 1. The number of allylic oxidation sites excluding steroid dienone is 2. The summed E-state index contributed by atoms with van der Waals surface area (Å²) in [4.78, 5) is 22.5. The maximum absolute atomic E-state index is 14.5. The summed E-state index contributed by atoms with van der Waals surface area (Å²) in [5.74, 6) is -0.234. The lowest BCUT2D eigenvalue weighted by molar-refractivity contribution is 0.0696. The lowest BCUT2D eigenvalue weighted by Gasteiger charge is -2.46. The lowest BCUT2D eigenvalue weighted by Crippen LogP contribution is -2.42. The predicted molar refractivity (Wildman–Crippen MR) is 139 cm³/mol. The molecule has 7 nitrogen and oxygen atoms in total. The molecule has 1 aromatic carbocycles. The Hall–Kier alpha value is -3.59. The van der Waals surface area contributed by atoms with Gasteiger partial charge in [0.05, 0.1) is 10.3 Å². The molecule has 4 heterocycles. The number of pyridine rings is 1. The normalized spacial score (nSPS) is 18.8. The number of aryl methyl sites for hydroxylation is 1. The molecule has 7 rings (SSSR count). The van der Waals surface area contributed by atoms with Gasteiger partial charge in [-0.05, 0) is 74.3 Å². The van der Waals surface area contributed by atoms with Crippen LogP contribution < -0.4 is 4.90 Å². The summed E-state index contributed by atoms with van der Waals surface area (Å²) >= 11 is 1.36. The van der Waals surface area contributed by atoms with Gasteiger partial charge in [-0.1, -0.05) is 22.6 Å². The zero-order chi connectivity index (χ0) is 25.3. The molecule has 9 heteroatoms. The van der Waals surface area contributed by atoms with E-state index in [-0.39, 0.29) is 16.5 Å². The second-order valence-corrected chi connectivity index (χ2v) is 11.5. The van der Waals surface area contributed by atoms with Gasteiger partial charge in [-0.15, -0.1) is 0 Å². The van der Waals surface area contributed by atoms with E-state index in [1.807, 2.05) is 13.0 Å². The minimum absolute atomic E-state index is 0.0508. The molecule has 3 aliphatic rings. The van der Waals surface area contributed by atoms with Crippen LogP contribution in [0.4, 0.5) is 9.52 Å². The number of hydrogen-bond donors (Lipinski definition) is 1. The Bertz CT molecular complexity index is 1590. The fourth-order valence-corrected chi connectivity index (χ4v) is 6.81. The fourth-order valence-electron chi connectivity index (χ4n) is 5.74. The number of hydrogen-bond acceptors (Lipinski definition) is 7. The van der Waals surface area contributed by atoms with E-state index >= 15 is 0 Å². The molecule has 1 N–H and O–H groups in total. The predicted octanol–water partition coefficient (Wildman–Crippen LogP) is 6.44. The van der Waals surface area contributed by atoms with Crippen LogP contribution in [0, 0.1) is 18.2 Å². The van der Waals surface area contributed by atoms with E-state index in [0.29, 0.717) is 10.6 Å². The van der Waals surface area contributed by atoms with Crippen molar-refractivity contribution in [1.82, 2.24) is 15.1 Å². The van der Waals surface area contributed by atoms with E-state index in [9.17, 15) is 14.3 Å². The third-order valence-corrected chi connectivity index (χ3v) is 9.05. The number of nitrogens with zero attached hydrogens (tertiary/aromatic N) is 4. The molecular weight excluding hydrogens is 491 g/mol. The molecule has 1 saturated heterocycles. The number of fused-ring (bicyclic) bond motifs is 1. The molecule has 2 fully saturated rings. The summed E-state index contributed by atoms with van der Waals surface area (Å²) in [6.45, 7) is 3.66. The van der Waals surface area contributed by atoms with Crippen molar-refractivity contribution in [3.63, 3.8) is 0 Å². The molecule has 1 saturated carbocycles.